The maximum atomic E-state index is 12.9. The molecule has 8 heteroatoms. The Morgan fingerprint density at radius 2 is 2.13 bits per heavy atom. The zero-order valence-corrected chi connectivity index (χ0v) is 18.0. The molecule has 7 nitrogen and oxygen atoms in total. The molecule has 0 radical (unpaired) electrons. The first kappa shape index (κ1) is 21.0. The van der Waals surface area contributed by atoms with Crippen LogP contribution < -0.4 is 5.32 Å². The molecule has 1 unspecified atom stereocenters. The summed E-state index contributed by atoms with van der Waals surface area (Å²) in [5.41, 5.74) is 1.30. The molecule has 1 aromatic heterocycles. The van der Waals surface area contributed by atoms with Crippen LogP contribution in [0.15, 0.2) is 24.3 Å². The number of amides is 3. The highest BCUT2D eigenvalue weighted by Crippen LogP contribution is 2.42. The summed E-state index contributed by atoms with van der Waals surface area (Å²) < 4.78 is 0. The molecule has 3 N–H and O–H groups in total. The number of carbonyl (C=O) groups is 2. The number of nitrogens with one attached hydrogen (secondary N) is 2. The van der Waals surface area contributed by atoms with Crippen molar-refractivity contribution in [2.24, 2.45) is 5.41 Å². The SMILES string of the molecule is CN(C(=O)NCc1cc2cc(Cl)ccc2[nH]1)C1CCCN(C(=O)C2(CO)CCC2)C1. The van der Waals surface area contributed by atoms with Crippen molar-refractivity contribution in [1.82, 2.24) is 20.1 Å². The van der Waals surface area contributed by atoms with E-state index in [9.17, 15) is 14.7 Å². The van der Waals surface area contributed by atoms with E-state index in [2.05, 4.69) is 10.3 Å². The third-order valence-corrected chi connectivity index (χ3v) is 6.92. The molecule has 30 heavy (non-hydrogen) atoms. The molecule has 1 aromatic carbocycles. The average Bonchev–Trinajstić information content (AvgIpc) is 3.13. The van der Waals surface area contributed by atoms with Crippen LogP contribution in [0.4, 0.5) is 4.79 Å². The number of nitrogens with zero attached hydrogens (tertiary/aromatic N) is 2. The summed E-state index contributed by atoms with van der Waals surface area (Å²) in [7, 11) is 1.78. The molecule has 1 atom stereocenters. The number of hydrogen-bond acceptors (Lipinski definition) is 3. The number of aliphatic hydroxyl groups excluding tert-OH is 1. The molecule has 2 aliphatic rings. The van der Waals surface area contributed by atoms with Crippen molar-refractivity contribution in [3.63, 3.8) is 0 Å². The van der Waals surface area contributed by atoms with E-state index >= 15 is 0 Å². The van der Waals surface area contributed by atoms with Crippen molar-refractivity contribution in [2.45, 2.75) is 44.7 Å². The monoisotopic (exact) mass is 432 g/mol. The predicted molar refractivity (Wildman–Crippen MR) is 116 cm³/mol. The van der Waals surface area contributed by atoms with Crippen LogP contribution in [0, 0.1) is 5.41 Å². The van der Waals surface area contributed by atoms with E-state index in [-0.39, 0.29) is 24.6 Å². The lowest BCUT2D eigenvalue weighted by Crippen LogP contribution is -2.57. The molecule has 1 aliphatic carbocycles. The Kier molecular flexibility index (Phi) is 5.93. The summed E-state index contributed by atoms with van der Waals surface area (Å²) in [6.07, 6.45) is 4.24. The highest BCUT2D eigenvalue weighted by Gasteiger charge is 2.46. The number of aromatic nitrogens is 1. The number of likely N-dealkylation sites (tertiary alicyclic amines) is 1. The van der Waals surface area contributed by atoms with Gasteiger partial charge in [0.15, 0.2) is 0 Å². The maximum Gasteiger partial charge on any atom is 0.317 e. The molecular weight excluding hydrogens is 404 g/mol. The lowest BCUT2D eigenvalue weighted by molar-refractivity contribution is -0.152. The van der Waals surface area contributed by atoms with Gasteiger partial charge in [0.25, 0.3) is 0 Å². The zero-order chi connectivity index (χ0) is 21.3. The van der Waals surface area contributed by atoms with Gasteiger partial charge in [-0.1, -0.05) is 18.0 Å². The van der Waals surface area contributed by atoms with Gasteiger partial charge in [0.05, 0.1) is 24.6 Å². The number of rotatable bonds is 5. The Hall–Kier alpha value is -2.25. The molecule has 2 aromatic rings. The molecule has 2 heterocycles. The van der Waals surface area contributed by atoms with Crippen LogP contribution >= 0.6 is 11.6 Å². The molecule has 2 fully saturated rings. The van der Waals surface area contributed by atoms with E-state index in [0.717, 1.165) is 48.7 Å². The minimum atomic E-state index is -0.582. The largest absolute Gasteiger partial charge is 0.395 e. The van der Waals surface area contributed by atoms with Gasteiger partial charge in [0, 0.05) is 41.8 Å². The molecule has 3 amide bonds. The number of hydrogen-bond donors (Lipinski definition) is 3. The minimum Gasteiger partial charge on any atom is -0.395 e. The van der Waals surface area contributed by atoms with Gasteiger partial charge in [-0.25, -0.2) is 4.79 Å². The number of likely N-dealkylation sites (N-methyl/N-ethyl adjacent to an activating group) is 1. The first-order chi connectivity index (χ1) is 14.4. The molecule has 0 spiro atoms. The summed E-state index contributed by atoms with van der Waals surface area (Å²) in [6.45, 7) is 1.52. The van der Waals surface area contributed by atoms with Gasteiger partial charge in [-0.3, -0.25) is 4.79 Å². The van der Waals surface area contributed by atoms with E-state index in [1.165, 1.54) is 0 Å². The Morgan fingerprint density at radius 3 is 2.83 bits per heavy atom. The standard InChI is InChI=1S/C22H29ClN4O3/c1-26(18-4-2-9-27(13-18)20(29)22(14-28)7-3-8-22)21(30)24-12-17-11-15-10-16(23)5-6-19(15)25-17/h5-6,10-11,18,25,28H,2-4,7-9,12-14H2,1H3,(H,24,30). The fraction of sp³-hybridized carbons (Fsp3) is 0.545. The van der Waals surface area contributed by atoms with Crippen molar-refractivity contribution in [3.05, 3.63) is 35.0 Å². The number of benzene rings is 1. The second-order valence-corrected chi connectivity index (χ2v) is 9.07. The lowest BCUT2D eigenvalue weighted by Gasteiger charge is -2.45. The minimum absolute atomic E-state index is 0.0277. The summed E-state index contributed by atoms with van der Waals surface area (Å²) in [4.78, 5) is 32.5. The number of halogens is 1. The normalized spacial score (nSPS) is 20.6. The summed E-state index contributed by atoms with van der Waals surface area (Å²) in [5, 5.41) is 14.4. The number of urea groups is 1. The summed E-state index contributed by atoms with van der Waals surface area (Å²) in [6, 6.07) is 7.43. The van der Waals surface area contributed by atoms with Gasteiger partial charge in [0.1, 0.15) is 0 Å². The fourth-order valence-electron chi connectivity index (χ4n) is 4.55. The van der Waals surface area contributed by atoms with Gasteiger partial charge in [0.2, 0.25) is 5.91 Å². The number of piperidine rings is 1. The van der Waals surface area contributed by atoms with Crippen molar-refractivity contribution in [1.29, 1.82) is 0 Å². The molecule has 1 saturated carbocycles. The van der Waals surface area contributed by atoms with E-state index < -0.39 is 5.41 Å². The molecule has 4 rings (SSSR count). The predicted octanol–water partition coefficient (Wildman–Crippen LogP) is 3.12. The third kappa shape index (κ3) is 4.01. The summed E-state index contributed by atoms with van der Waals surface area (Å²) in [5.74, 6) is 0.0477. The van der Waals surface area contributed by atoms with Crippen molar-refractivity contribution < 1.29 is 14.7 Å². The quantitative estimate of drug-likeness (QED) is 0.678. The Labute approximate surface area is 181 Å². The van der Waals surface area contributed by atoms with E-state index in [0.29, 0.717) is 24.7 Å². The van der Waals surface area contributed by atoms with Crippen molar-refractivity contribution in [2.75, 3.05) is 26.7 Å². The molecule has 0 bridgehead atoms. The van der Waals surface area contributed by atoms with E-state index in [1.54, 1.807) is 11.9 Å². The van der Waals surface area contributed by atoms with Crippen LogP contribution in [0.5, 0.6) is 0 Å². The first-order valence-electron chi connectivity index (χ1n) is 10.6. The smallest absolute Gasteiger partial charge is 0.317 e. The Balaban J connectivity index is 1.34. The van der Waals surface area contributed by atoms with Gasteiger partial charge >= 0.3 is 6.03 Å². The van der Waals surface area contributed by atoms with Gasteiger partial charge in [-0.15, -0.1) is 0 Å². The number of carbonyl (C=O) groups excluding carboxylic acids is 2. The number of fused-ring (bicyclic) bond motifs is 1. The van der Waals surface area contributed by atoms with Crippen LogP contribution in [0.1, 0.15) is 37.8 Å². The summed E-state index contributed by atoms with van der Waals surface area (Å²) >= 11 is 6.04. The van der Waals surface area contributed by atoms with Crippen molar-refractivity contribution >= 4 is 34.4 Å². The van der Waals surface area contributed by atoms with Crippen LogP contribution in [0.3, 0.4) is 0 Å². The topological polar surface area (TPSA) is 88.7 Å². The first-order valence-corrected chi connectivity index (χ1v) is 11.0. The maximum absolute atomic E-state index is 12.9. The van der Waals surface area contributed by atoms with Crippen LogP contribution in [0.2, 0.25) is 5.02 Å². The van der Waals surface area contributed by atoms with Gasteiger partial charge in [-0.2, -0.15) is 0 Å². The Morgan fingerprint density at radius 1 is 1.33 bits per heavy atom. The van der Waals surface area contributed by atoms with Crippen LogP contribution in [-0.2, 0) is 11.3 Å². The van der Waals surface area contributed by atoms with E-state index in [4.69, 9.17) is 11.6 Å². The van der Waals surface area contributed by atoms with Crippen molar-refractivity contribution in [3.8, 4) is 0 Å². The fourth-order valence-corrected chi connectivity index (χ4v) is 4.73. The second kappa shape index (κ2) is 8.47. The Bertz CT molecular complexity index is 934. The number of aliphatic hydroxyl groups is 1. The lowest BCUT2D eigenvalue weighted by atomic mass is 9.68. The average molecular weight is 433 g/mol. The number of aromatic amines is 1. The zero-order valence-electron chi connectivity index (χ0n) is 17.3. The molecule has 1 saturated heterocycles. The number of H-pyrrole nitrogens is 1. The molecular formula is C22H29ClN4O3. The van der Waals surface area contributed by atoms with Crippen LogP contribution in [0.25, 0.3) is 10.9 Å². The van der Waals surface area contributed by atoms with Gasteiger partial charge in [-0.05, 0) is 49.9 Å². The van der Waals surface area contributed by atoms with Gasteiger partial charge < -0.3 is 25.2 Å². The molecule has 162 valence electrons. The third-order valence-electron chi connectivity index (χ3n) is 6.69. The second-order valence-electron chi connectivity index (χ2n) is 8.63. The van der Waals surface area contributed by atoms with E-state index in [1.807, 2.05) is 29.2 Å². The molecule has 1 aliphatic heterocycles. The van der Waals surface area contributed by atoms with Crippen LogP contribution in [-0.4, -0.2) is 64.6 Å². The highest BCUT2D eigenvalue weighted by atomic mass is 35.5. The highest BCUT2D eigenvalue weighted by molar-refractivity contribution is 6.31.